The first kappa shape index (κ1) is 15.1. The van der Waals surface area contributed by atoms with Crippen LogP contribution in [0.2, 0.25) is 5.02 Å². The second-order valence-electron chi connectivity index (χ2n) is 4.86. The average molecular weight is 319 g/mol. The van der Waals surface area contributed by atoms with E-state index < -0.39 is 15.8 Å². The van der Waals surface area contributed by atoms with Crippen LogP contribution >= 0.6 is 11.6 Å². The molecule has 2 heterocycles. The third kappa shape index (κ3) is 3.83. The van der Waals surface area contributed by atoms with E-state index in [1.807, 2.05) is 0 Å². The van der Waals surface area contributed by atoms with Crippen molar-refractivity contribution < 1.29 is 18.3 Å². The highest BCUT2D eigenvalue weighted by Gasteiger charge is 2.24. The molecular weight excluding hydrogens is 304 g/mol. The molecule has 20 heavy (non-hydrogen) atoms. The normalized spacial score (nSPS) is 21.4. The Morgan fingerprint density at radius 1 is 1.55 bits per heavy atom. The monoisotopic (exact) mass is 318 g/mol. The lowest BCUT2D eigenvalue weighted by Crippen LogP contribution is -2.30. The van der Waals surface area contributed by atoms with Crippen molar-refractivity contribution in [2.75, 3.05) is 23.4 Å². The molecule has 0 saturated carbocycles. The summed E-state index contributed by atoms with van der Waals surface area (Å²) in [5, 5.41) is 12.0. The molecule has 2 rings (SSSR count). The lowest BCUT2D eigenvalue weighted by Gasteiger charge is -2.22. The van der Waals surface area contributed by atoms with Gasteiger partial charge in [0.05, 0.1) is 22.1 Å². The summed E-state index contributed by atoms with van der Waals surface area (Å²) in [5.74, 6) is -0.254. The van der Waals surface area contributed by atoms with Crippen LogP contribution in [0.4, 0.5) is 5.82 Å². The quantitative estimate of drug-likeness (QED) is 0.876. The highest BCUT2D eigenvalue weighted by atomic mass is 35.5. The van der Waals surface area contributed by atoms with Gasteiger partial charge < -0.3 is 10.4 Å². The van der Waals surface area contributed by atoms with E-state index in [0.717, 1.165) is 6.42 Å². The molecule has 0 spiro atoms. The summed E-state index contributed by atoms with van der Waals surface area (Å²) in [6, 6.07) is 1.32. The molecule has 1 saturated heterocycles. The second-order valence-corrected chi connectivity index (χ2v) is 7.50. The van der Waals surface area contributed by atoms with Crippen molar-refractivity contribution >= 4 is 33.2 Å². The van der Waals surface area contributed by atoms with Crippen molar-refractivity contribution in [2.45, 2.75) is 12.8 Å². The number of halogens is 1. The van der Waals surface area contributed by atoms with E-state index in [1.165, 1.54) is 12.3 Å². The maximum atomic E-state index is 11.5. The van der Waals surface area contributed by atoms with Crippen LogP contribution in [0.5, 0.6) is 0 Å². The zero-order valence-corrected chi connectivity index (χ0v) is 12.2. The number of rotatable bonds is 4. The molecule has 110 valence electrons. The molecule has 1 aliphatic heterocycles. The van der Waals surface area contributed by atoms with Crippen LogP contribution in [-0.4, -0.2) is 42.5 Å². The Hall–Kier alpha value is -1.34. The maximum Gasteiger partial charge on any atom is 0.337 e. The molecule has 1 aliphatic rings. The molecule has 0 amide bonds. The second kappa shape index (κ2) is 5.97. The zero-order chi connectivity index (χ0) is 14.8. The lowest BCUT2D eigenvalue weighted by molar-refractivity contribution is 0.0696. The van der Waals surface area contributed by atoms with Crippen molar-refractivity contribution in [3.63, 3.8) is 0 Å². The predicted molar refractivity (Wildman–Crippen MR) is 76.1 cm³/mol. The van der Waals surface area contributed by atoms with E-state index in [-0.39, 0.29) is 28.0 Å². The predicted octanol–water partition coefficient (Wildman–Crippen LogP) is 1.67. The molecule has 1 unspecified atom stereocenters. The molecular formula is C12H15ClN2O4S. The molecule has 1 aromatic heterocycles. The topological polar surface area (TPSA) is 96.4 Å². The standard InChI is InChI=1S/C12H15ClN2O4S/c13-10-4-9(12(16)17)6-15-11(10)14-5-8-2-1-3-20(18,19)7-8/h4,6,8H,1-3,5,7H2,(H,14,15)(H,16,17). The molecule has 8 heteroatoms. The maximum absolute atomic E-state index is 11.5. The van der Waals surface area contributed by atoms with E-state index in [0.29, 0.717) is 18.8 Å². The van der Waals surface area contributed by atoms with Gasteiger partial charge in [0.25, 0.3) is 0 Å². The summed E-state index contributed by atoms with van der Waals surface area (Å²) in [6.07, 6.45) is 2.74. The average Bonchev–Trinajstić information content (AvgIpc) is 2.36. The third-order valence-electron chi connectivity index (χ3n) is 3.20. The van der Waals surface area contributed by atoms with E-state index in [9.17, 15) is 13.2 Å². The van der Waals surface area contributed by atoms with Gasteiger partial charge in [-0.15, -0.1) is 0 Å². The number of aromatic carboxylic acids is 1. The Labute approximate surface area is 122 Å². The number of hydrogen-bond acceptors (Lipinski definition) is 5. The van der Waals surface area contributed by atoms with Crippen molar-refractivity contribution in [3.8, 4) is 0 Å². The van der Waals surface area contributed by atoms with E-state index >= 15 is 0 Å². The number of pyridine rings is 1. The Balaban J connectivity index is 1.99. The van der Waals surface area contributed by atoms with Crippen LogP contribution in [0, 0.1) is 5.92 Å². The number of anilines is 1. The van der Waals surface area contributed by atoms with Crippen molar-refractivity contribution in [1.82, 2.24) is 4.98 Å². The van der Waals surface area contributed by atoms with Gasteiger partial charge in [-0.2, -0.15) is 0 Å². The van der Waals surface area contributed by atoms with Gasteiger partial charge in [0.2, 0.25) is 0 Å². The van der Waals surface area contributed by atoms with Gasteiger partial charge in [-0.05, 0) is 24.8 Å². The van der Waals surface area contributed by atoms with Gasteiger partial charge in [0, 0.05) is 12.7 Å². The fourth-order valence-corrected chi connectivity index (χ4v) is 4.21. The number of aromatic nitrogens is 1. The number of sulfone groups is 1. The van der Waals surface area contributed by atoms with Crippen molar-refractivity contribution in [3.05, 3.63) is 22.8 Å². The largest absolute Gasteiger partial charge is 0.478 e. The van der Waals surface area contributed by atoms with Gasteiger partial charge in [-0.25, -0.2) is 18.2 Å². The first-order valence-corrected chi connectivity index (χ1v) is 8.40. The summed E-state index contributed by atoms with van der Waals surface area (Å²) in [6.45, 7) is 0.457. The molecule has 2 N–H and O–H groups in total. The van der Waals surface area contributed by atoms with Crippen LogP contribution in [0.1, 0.15) is 23.2 Å². The minimum absolute atomic E-state index is 0.0146. The Bertz CT molecular complexity index is 618. The molecule has 0 radical (unpaired) electrons. The Kier molecular flexibility index (Phi) is 4.49. The molecule has 1 aromatic rings. The van der Waals surface area contributed by atoms with Crippen LogP contribution in [0.15, 0.2) is 12.3 Å². The van der Waals surface area contributed by atoms with Crippen LogP contribution in [-0.2, 0) is 9.84 Å². The van der Waals surface area contributed by atoms with Gasteiger partial charge >= 0.3 is 5.97 Å². The number of nitrogens with zero attached hydrogens (tertiary/aromatic N) is 1. The summed E-state index contributed by atoms with van der Waals surface area (Å²) < 4.78 is 23.0. The van der Waals surface area contributed by atoms with Crippen LogP contribution < -0.4 is 5.32 Å². The number of nitrogens with one attached hydrogen (secondary N) is 1. The molecule has 0 aromatic carbocycles. The van der Waals surface area contributed by atoms with Crippen molar-refractivity contribution in [1.29, 1.82) is 0 Å². The minimum atomic E-state index is -2.94. The SMILES string of the molecule is O=C(O)c1cnc(NCC2CCCS(=O)(=O)C2)c(Cl)c1. The number of hydrogen-bond donors (Lipinski definition) is 2. The smallest absolute Gasteiger partial charge is 0.337 e. The number of carboxylic acids is 1. The molecule has 0 aliphatic carbocycles. The summed E-state index contributed by atoms with van der Waals surface area (Å²) in [7, 11) is -2.94. The summed E-state index contributed by atoms with van der Waals surface area (Å²) in [5.41, 5.74) is 0.0146. The molecule has 1 atom stereocenters. The number of carboxylic acid groups (broad SMARTS) is 1. The van der Waals surface area contributed by atoms with Gasteiger partial charge in [-0.3, -0.25) is 0 Å². The summed E-state index contributed by atoms with van der Waals surface area (Å²) >= 11 is 5.94. The van der Waals surface area contributed by atoms with Crippen molar-refractivity contribution in [2.24, 2.45) is 5.92 Å². The highest BCUT2D eigenvalue weighted by Crippen LogP contribution is 2.23. The van der Waals surface area contributed by atoms with Gasteiger partial charge in [0.1, 0.15) is 5.82 Å². The summed E-state index contributed by atoms with van der Waals surface area (Å²) in [4.78, 5) is 14.7. The Morgan fingerprint density at radius 2 is 2.30 bits per heavy atom. The van der Waals surface area contributed by atoms with E-state index in [2.05, 4.69) is 10.3 Å². The molecule has 0 bridgehead atoms. The van der Waals surface area contributed by atoms with Crippen LogP contribution in [0.25, 0.3) is 0 Å². The zero-order valence-electron chi connectivity index (χ0n) is 10.7. The van der Waals surface area contributed by atoms with Gasteiger partial charge in [-0.1, -0.05) is 11.6 Å². The fourth-order valence-electron chi connectivity index (χ4n) is 2.20. The first-order valence-electron chi connectivity index (χ1n) is 6.20. The lowest BCUT2D eigenvalue weighted by atomic mass is 10.1. The first-order chi connectivity index (χ1) is 9.37. The van der Waals surface area contributed by atoms with E-state index in [1.54, 1.807) is 0 Å². The number of carbonyl (C=O) groups is 1. The van der Waals surface area contributed by atoms with Crippen LogP contribution in [0.3, 0.4) is 0 Å². The highest BCUT2D eigenvalue weighted by molar-refractivity contribution is 7.91. The fraction of sp³-hybridized carbons (Fsp3) is 0.500. The van der Waals surface area contributed by atoms with E-state index in [4.69, 9.17) is 16.7 Å². The molecule has 6 nitrogen and oxygen atoms in total. The minimum Gasteiger partial charge on any atom is -0.478 e. The Morgan fingerprint density at radius 3 is 2.90 bits per heavy atom. The third-order valence-corrected chi connectivity index (χ3v) is 5.38. The van der Waals surface area contributed by atoms with Gasteiger partial charge in [0.15, 0.2) is 9.84 Å². The molecule has 1 fully saturated rings.